The summed E-state index contributed by atoms with van der Waals surface area (Å²) in [6, 6.07) is 0. The number of hydrogen-bond donors (Lipinski definition) is 4. The standard InChI is InChI=1S/C91H146O16P2/c1-4-7-10-13-16-19-22-25-28-31-34-36-38-40-41-42-43-45-47-48-51-53-56-59-62-65-68-71-74-77-89(94)101-80-86(92)81-103-108(97,98)104-82-87(93)83-105-109(99,100)106-85-88(107-91(96)79-76-73-70-67-64-61-58-55-50-33-30-27-24-21-18-15-12-9-6-3)84-102-90(95)78-75-72-69-66-63-60-57-54-52-49-46-44-39-37-35-32-29-26-23-20-17-14-11-8-5-2/h7-12,16-21,25-30,34-37,40-41,44,46,50,52,54-55,61,64,70,73,86-88,92-93H,4-6,13-15,22-24,31-33,38-39,42-43,45,47-49,51,53,56-60,62-63,65-69,71-72,74-85H2,1-3H3,(H,97,98)(H,99,100)/b10-7-,11-8-,12-9-,19-16-,20-17-,21-18-,28-25-,29-26-,30-27-,36-34-,37-35-,41-40-,46-44-,54-52-,55-50-,64-61-,73-70-. The lowest BCUT2D eigenvalue weighted by atomic mass is 10.0. The number of aliphatic hydroxyl groups is 2. The summed E-state index contributed by atoms with van der Waals surface area (Å²) in [5.74, 6) is -1.70. The van der Waals surface area contributed by atoms with Crippen LogP contribution in [0.3, 0.4) is 0 Å². The van der Waals surface area contributed by atoms with Crippen LogP contribution in [0.15, 0.2) is 207 Å². The quantitative estimate of drug-likeness (QED) is 0.0146. The first kappa shape index (κ1) is 103. The third-order valence-electron chi connectivity index (χ3n) is 16.5. The van der Waals surface area contributed by atoms with E-state index in [2.05, 4.69) is 209 Å². The number of rotatable bonds is 76. The van der Waals surface area contributed by atoms with E-state index in [9.17, 15) is 43.5 Å². The molecule has 0 heterocycles. The van der Waals surface area contributed by atoms with Crippen molar-refractivity contribution in [1.82, 2.24) is 0 Å². The van der Waals surface area contributed by atoms with Crippen LogP contribution >= 0.6 is 15.6 Å². The van der Waals surface area contributed by atoms with Gasteiger partial charge in [-0.1, -0.05) is 324 Å². The van der Waals surface area contributed by atoms with E-state index < -0.39 is 91.5 Å². The highest BCUT2D eigenvalue weighted by Gasteiger charge is 2.29. The van der Waals surface area contributed by atoms with Gasteiger partial charge in [0.2, 0.25) is 0 Å². The molecule has 0 aromatic heterocycles. The Labute approximate surface area is 660 Å². The number of unbranched alkanes of at least 4 members (excludes halogenated alkanes) is 19. The van der Waals surface area contributed by atoms with Crippen molar-refractivity contribution in [1.29, 1.82) is 0 Å². The second-order valence-electron chi connectivity index (χ2n) is 26.8. The van der Waals surface area contributed by atoms with Crippen molar-refractivity contribution in [2.75, 3.05) is 39.6 Å². The topological polar surface area (TPSA) is 231 Å². The van der Waals surface area contributed by atoms with E-state index in [4.69, 9.17) is 32.3 Å². The molecule has 0 radical (unpaired) electrons. The molecule has 0 aliphatic carbocycles. The second-order valence-corrected chi connectivity index (χ2v) is 29.7. The summed E-state index contributed by atoms with van der Waals surface area (Å²) in [7, 11) is -9.84. The fourth-order valence-electron chi connectivity index (χ4n) is 10.3. The number of carbonyl (C=O) groups excluding carboxylic acids is 3. The molecule has 18 heteroatoms. The summed E-state index contributed by atoms with van der Waals surface area (Å²) in [6.07, 6.45) is 109. The molecule has 0 spiro atoms. The van der Waals surface area contributed by atoms with E-state index in [1.54, 1.807) is 0 Å². The lowest BCUT2D eigenvalue weighted by Gasteiger charge is -2.21. The molecule has 0 saturated heterocycles. The molecule has 0 bridgehead atoms. The van der Waals surface area contributed by atoms with E-state index in [-0.39, 0.29) is 19.3 Å². The van der Waals surface area contributed by atoms with Crippen LogP contribution in [0.5, 0.6) is 0 Å². The van der Waals surface area contributed by atoms with Crippen LogP contribution in [0, 0.1) is 0 Å². The zero-order chi connectivity index (χ0) is 79.4. The minimum absolute atomic E-state index is 0.0326. The Hall–Kier alpha value is -5.87. The summed E-state index contributed by atoms with van der Waals surface area (Å²) in [6.45, 7) is 2.22. The van der Waals surface area contributed by atoms with Crippen LogP contribution in [0.4, 0.5) is 0 Å². The zero-order valence-electron chi connectivity index (χ0n) is 67.4. The molecule has 5 atom stereocenters. The van der Waals surface area contributed by atoms with Gasteiger partial charge >= 0.3 is 33.6 Å². The molecule has 109 heavy (non-hydrogen) atoms. The lowest BCUT2D eigenvalue weighted by molar-refractivity contribution is -0.161. The van der Waals surface area contributed by atoms with Crippen molar-refractivity contribution in [2.45, 2.75) is 309 Å². The predicted octanol–water partition coefficient (Wildman–Crippen LogP) is 24.9. The van der Waals surface area contributed by atoms with E-state index in [0.717, 1.165) is 167 Å². The van der Waals surface area contributed by atoms with Gasteiger partial charge in [-0.2, -0.15) is 0 Å². The van der Waals surface area contributed by atoms with Gasteiger partial charge < -0.3 is 34.2 Å². The normalized spacial score (nSPS) is 15.0. The van der Waals surface area contributed by atoms with Crippen LogP contribution in [-0.4, -0.2) is 95.9 Å². The SMILES string of the molecule is CC/C=C\C/C=C\C/C=C\C/C=C\C/C=C\C/C=C\CCCCCCCCC(=O)OCC(COP(=O)(O)OCC(O)COP(=O)(O)OCC(O)COC(=O)CCCCCCCCCCCCCCC/C=C\C/C=C\C/C=C\C/C=C\C/C=C\CC)OC(=O)CC/C=C\C/C=C\C/C=C\C/C=C\C/C=C\C/C=C\CC. The Morgan fingerprint density at radius 1 is 0.257 bits per heavy atom. The molecule has 0 aromatic carbocycles. The maximum Gasteiger partial charge on any atom is 0.472 e. The van der Waals surface area contributed by atoms with Gasteiger partial charge in [0.25, 0.3) is 0 Å². The number of phosphoric ester groups is 2. The number of aliphatic hydroxyl groups excluding tert-OH is 2. The fraction of sp³-hybridized carbons (Fsp3) is 0.593. The van der Waals surface area contributed by atoms with Crippen molar-refractivity contribution < 1.29 is 75.8 Å². The smallest absolute Gasteiger partial charge is 0.463 e. The highest BCUT2D eigenvalue weighted by Crippen LogP contribution is 2.45. The van der Waals surface area contributed by atoms with Gasteiger partial charge in [0.1, 0.15) is 25.4 Å². The van der Waals surface area contributed by atoms with Crippen LogP contribution in [0.1, 0.15) is 290 Å². The average Bonchev–Trinajstić information content (AvgIpc) is 0.906. The van der Waals surface area contributed by atoms with E-state index >= 15 is 0 Å². The number of esters is 3. The Bertz CT molecular complexity index is 2810. The van der Waals surface area contributed by atoms with Gasteiger partial charge in [0.15, 0.2) is 6.10 Å². The van der Waals surface area contributed by atoms with Gasteiger partial charge in [0.05, 0.1) is 26.4 Å². The Kier molecular flexibility index (Phi) is 77.2. The van der Waals surface area contributed by atoms with Crippen LogP contribution in [-0.2, 0) is 55.8 Å². The monoisotopic (exact) mass is 1560 g/mol. The number of allylic oxidation sites excluding steroid dienone is 34. The van der Waals surface area contributed by atoms with Crippen molar-refractivity contribution in [3.05, 3.63) is 207 Å². The van der Waals surface area contributed by atoms with E-state index in [1.165, 1.54) is 57.8 Å². The summed E-state index contributed by atoms with van der Waals surface area (Å²) in [5.41, 5.74) is 0. The van der Waals surface area contributed by atoms with Gasteiger partial charge in [-0.3, -0.25) is 32.5 Å². The maximum absolute atomic E-state index is 13.0. The zero-order valence-corrected chi connectivity index (χ0v) is 69.2. The van der Waals surface area contributed by atoms with Crippen LogP contribution in [0.2, 0.25) is 0 Å². The molecule has 4 N–H and O–H groups in total. The minimum Gasteiger partial charge on any atom is -0.463 e. The molecule has 0 aliphatic rings. The number of phosphoric acid groups is 2. The Morgan fingerprint density at radius 3 is 0.761 bits per heavy atom. The highest BCUT2D eigenvalue weighted by atomic mass is 31.2. The first-order chi connectivity index (χ1) is 53.2. The Morgan fingerprint density at radius 2 is 0.477 bits per heavy atom. The predicted molar refractivity (Wildman–Crippen MR) is 454 cm³/mol. The molecule has 0 rings (SSSR count). The highest BCUT2D eigenvalue weighted by molar-refractivity contribution is 7.47. The first-order valence-electron chi connectivity index (χ1n) is 41.4. The second kappa shape index (κ2) is 81.6. The molecular formula is C91H146O16P2. The summed E-state index contributed by atoms with van der Waals surface area (Å²) in [4.78, 5) is 58.8. The van der Waals surface area contributed by atoms with Gasteiger partial charge in [0, 0.05) is 19.3 Å². The Balaban J connectivity index is 4.69. The lowest BCUT2D eigenvalue weighted by Crippen LogP contribution is -2.29. The maximum atomic E-state index is 13.0. The summed E-state index contributed by atoms with van der Waals surface area (Å²) < 4.78 is 61.2. The number of ether oxygens (including phenoxy) is 3. The van der Waals surface area contributed by atoms with Crippen molar-refractivity contribution in [2.24, 2.45) is 0 Å². The molecular weight excluding hydrogens is 1410 g/mol. The average molecular weight is 1560 g/mol. The van der Waals surface area contributed by atoms with Crippen molar-refractivity contribution in [3.8, 4) is 0 Å². The van der Waals surface area contributed by atoms with Gasteiger partial charge in [-0.25, -0.2) is 9.13 Å². The molecule has 0 amide bonds. The molecule has 616 valence electrons. The van der Waals surface area contributed by atoms with E-state index in [1.807, 2.05) is 18.2 Å². The van der Waals surface area contributed by atoms with Gasteiger partial charge in [-0.15, -0.1) is 0 Å². The summed E-state index contributed by atoms with van der Waals surface area (Å²) in [5, 5.41) is 20.7. The molecule has 0 saturated carbocycles. The first-order valence-corrected chi connectivity index (χ1v) is 44.4. The van der Waals surface area contributed by atoms with Crippen LogP contribution < -0.4 is 0 Å². The molecule has 5 unspecified atom stereocenters. The van der Waals surface area contributed by atoms with E-state index in [0.29, 0.717) is 25.7 Å². The van der Waals surface area contributed by atoms with Crippen molar-refractivity contribution >= 4 is 33.6 Å². The number of carbonyl (C=O) groups is 3. The molecule has 0 fully saturated rings. The third kappa shape index (κ3) is 82.9. The minimum atomic E-state index is -4.97. The molecule has 16 nitrogen and oxygen atoms in total. The van der Waals surface area contributed by atoms with Crippen LogP contribution in [0.25, 0.3) is 0 Å². The molecule has 0 aliphatic heterocycles. The fourth-order valence-corrected chi connectivity index (χ4v) is 11.9. The van der Waals surface area contributed by atoms with Crippen molar-refractivity contribution in [3.63, 3.8) is 0 Å². The van der Waals surface area contributed by atoms with Gasteiger partial charge in [-0.05, 0) is 154 Å². The molecule has 0 aromatic rings. The summed E-state index contributed by atoms with van der Waals surface area (Å²) >= 11 is 0. The third-order valence-corrected chi connectivity index (χ3v) is 18.4. The largest absolute Gasteiger partial charge is 0.472 e. The number of hydrogen-bond acceptors (Lipinski definition) is 14.